The summed E-state index contributed by atoms with van der Waals surface area (Å²) in [7, 11) is 0. The number of aliphatic hydroxyl groups is 1. The Balaban J connectivity index is 1.50. The molecule has 0 unspecified atom stereocenters. The smallest absolute Gasteiger partial charge is 0.222 e. The predicted molar refractivity (Wildman–Crippen MR) is 105 cm³/mol. The standard InChI is InChI=1S/C21H36N2O5/c1-2-21(26)23-12-16(24)13-27-14-19-18(23)9-8-17(28-19)10-20(25)22-11-15-6-4-3-5-7-15/h15-19,24H,2-14H2,1H3,(H,22,25)/t16-,17-,18+,19-/m0/s1. The molecular formula is C21H36N2O5. The first-order valence-corrected chi connectivity index (χ1v) is 11.0. The molecule has 0 bridgehead atoms. The first kappa shape index (κ1) is 21.5. The van der Waals surface area contributed by atoms with E-state index in [9.17, 15) is 14.7 Å². The van der Waals surface area contributed by atoms with Crippen molar-refractivity contribution in [3.05, 3.63) is 0 Å². The van der Waals surface area contributed by atoms with Crippen LogP contribution in [-0.2, 0) is 19.1 Å². The highest BCUT2D eigenvalue weighted by atomic mass is 16.5. The topological polar surface area (TPSA) is 88.1 Å². The van der Waals surface area contributed by atoms with Crippen molar-refractivity contribution in [3.8, 4) is 0 Å². The molecule has 4 atom stereocenters. The Kier molecular flexibility index (Phi) is 8.11. The molecule has 0 aromatic carbocycles. The summed E-state index contributed by atoms with van der Waals surface area (Å²) in [6, 6.07) is -0.0936. The average molecular weight is 397 g/mol. The Morgan fingerprint density at radius 2 is 1.89 bits per heavy atom. The van der Waals surface area contributed by atoms with Gasteiger partial charge in [0, 0.05) is 19.5 Å². The van der Waals surface area contributed by atoms with Crippen LogP contribution in [0.4, 0.5) is 0 Å². The molecule has 0 radical (unpaired) electrons. The van der Waals surface area contributed by atoms with Crippen molar-refractivity contribution in [1.82, 2.24) is 10.2 Å². The van der Waals surface area contributed by atoms with E-state index in [0.29, 0.717) is 25.4 Å². The van der Waals surface area contributed by atoms with Gasteiger partial charge in [0.15, 0.2) is 0 Å². The van der Waals surface area contributed by atoms with Gasteiger partial charge in [-0.2, -0.15) is 0 Å². The molecule has 2 heterocycles. The third kappa shape index (κ3) is 5.91. The van der Waals surface area contributed by atoms with Crippen LogP contribution in [0, 0.1) is 5.92 Å². The van der Waals surface area contributed by atoms with Crippen LogP contribution in [0.15, 0.2) is 0 Å². The van der Waals surface area contributed by atoms with Gasteiger partial charge in [0.1, 0.15) is 6.10 Å². The number of ether oxygens (including phenoxy) is 2. The predicted octanol–water partition coefficient (Wildman–Crippen LogP) is 1.62. The van der Waals surface area contributed by atoms with Crippen molar-refractivity contribution in [2.24, 2.45) is 5.92 Å². The molecule has 0 aromatic rings. The van der Waals surface area contributed by atoms with Crippen LogP contribution in [0.25, 0.3) is 0 Å². The maximum absolute atomic E-state index is 12.4. The normalized spacial score (nSPS) is 32.1. The Hall–Kier alpha value is -1.18. The number of rotatable bonds is 5. The van der Waals surface area contributed by atoms with E-state index in [1.807, 2.05) is 6.92 Å². The molecule has 2 N–H and O–H groups in total. The molecule has 7 heteroatoms. The lowest BCUT2D eigenvalue weighted by Gasteiger charge is -2.44. The van der Waals surface area contributed by atoms with Gasteiger partial charge in [0.05, 0.1) is 37.9 Å². The molecule has 2 amide bonds. The minimum Gasteiger partial charge on any atom is -0.389 e. The molecule has 2 aliphatic heterocycles. The molecule has 3 rings (SSSR count). The number of hydrogen-bond acceptors (Lipinski definition) is 5. The van der Waals surface area contributed by atoms with Crippen LogP contribution in [0.5, 0.6) is 0 Å². The molecule has 7 nitrogen and oxygen atoms in total. The van der Waals surface area contributed by atoms with Gasteiger partial charge in [0.2, 0.25) is 11.8 Å². The molecule has 1 aliphatic carbocycles. The summed E-state index contributed by atoms with van der Waals surface area (Å²) in [6.07, 6.45) is 7.53. The fraction of sp³-hybridized carbons (Fsp3) is 0.905. The molecule has 3 aliphatic rings. The number of β-amino-alcohol motifs (C(OH)–C–C–N with tert-alkyl or cyclic N) is 1. The number of nitrogens with zero attached hydrogens (tertiary/aromatic N) is 1. The monoisotopic (exact) mass is 396 g/mol. The zero-order valence-corrected chi connectivity index (χ0v) is 17.1. The van der Waals surface area contributed by atoms with E-state index in [1.54, 1.807) is 4.90 Å². The number of nitrogens with one attached hydrogen (secondary N) is 1. The van der Waals surface area contributed by atoms with Gasteiger partial charge in [-0.1, -0.05) is 26.2 Å². The number of hydrogen-bond donors (Lipinski definition) is 2. The van der Waals surface area contributed by atoms with Crippen molar-refractivity contribution in [2.75, 3.05) is 26.3 Å². The summed E-state index contributed by atoms with van der Waals surface area (Å²) in [5.41, 5.74) is 0. The molecule has 2 saturated heterocycles. The van der Waals surface area contributed by atoms with E-state index >= 15 is 0 Å². The van der Waals surface area contributed by atoms with E-state index in [-0.39, 0.29) is 43.2 Å². The Labute approximate surface area is 168 Å². The lowest BCUT2D eigenvalue weighted by molar-refractivity contribution is -0.169. The molecule has 28 heavy (non-hydrogen) atoms. The number of carbonyl (C=O) groups is 2. The van der Waals surface area contributed by atoms with E-state index in [4.69, 9.17) is 9.47 Å². The SMILES string of the molecule is CCC(=O)N1C[C@H](O)COC[C@@H]2O[C@H](CC(=O)NCC3CCCCC3)CC[C@H]21. The number of aliphatic hydroxyl groups excluding tert-OH is 1. The zero-order chi connectivity index (χ0) is 19.9. The highest BCUT2D eigenvalue weighted by Gasteiger charge is 2.39. The first-order valence-electron chi connectivity index (χ1n) is 11.0. The van der Waals surface area contributed by atoms with E-state index in [1.165, 1.54) is 32.1 Å². The Morgan fingerprint density at radius 1 is 1.11 bits per heavy atom. The summed E-state index contributed by atoms with van der Waals surface area (Å²) in [4.78, 5) is 26.5. The van der Waals surface area contributed by atoms with Crippen LogP contribution in [-0.4, -0.2) is 72.5 Å². The third-order valence-corrected chi connectivity index (χ3v) is 6.33. The second kappa shape index (κ2) is 10.6. The lowest BCUT2D eigenvalue weighted by atomic mass is 9.89. The summed E-state index contributed by atoms with van der Waals surface area (Å²) >= 11 is 0. The van der Waals surface area contributed by atoms with Crippen LogP contribution in [0.1, 0.15) is 64.7 Å². The van der Waals surface area contributed by atoms with Crippen molar-refractivity contribution in [2.45, 2.75) is 89.1 Å². The van der Waals surface area contributed by atoms with Gasteiger partial charge in [-0.15, -0.1) is 0 Å². The van der Waals surface area contributed by atoms with Gasteiger partial charge in [0.25, 0.3) is 0 Å². The maximum Gasteiger partial charge on any atom is 0.222 e. The largest absolute Gasteiger partial charge is 0.389 e. The van der Waals surface area contributed by atoms with Crippen LogP contribution in [0.2, 0.25) is 0 Å². The van der Waals surface area contributed by atoms with Crippen LogP contribution < -0.4 is 5.32 Å². The van der Waals surface area contributed by atoms with Crippen LogP contribution >= 0.6 is 0 Å². The highest BCUT2D eigenvalue weighted by Crippen LogP contribution is 2.28. The minimum absolute atomic E-state index is 0.0308. The van der Waals surface area contributed by atoms with Gasteiger partial charge >= 0.3 is 0 Å². The Bertz CT molecular complexity index is 523. The number of amides is 2. The molecule has 3 fully saturated rings. The zero-order valence-electron chi connectivity index (χ0n) is 17.1. The number of carbonyl (C=O) groups excluding carboxylic acids is 2. The van der Waals surface area contributed by atoms with Crippen LogP contribution in [0.3, 0.4) is 0 Å². The molecule has 0 aromatic heterocycles. The summed E-state index contributed by atoms with van der Waals surface area (Å²) in [6.45, 7) is 3.44. The van der Waals surface area contributed by atoms with E-state index in [0.717, 1.165) is 19.4 Å². The van der Waals surface area contributed by atoms with E-state index < -0.39 is 6.10 Å². The van der Waals surface area contributed by atoms with Gasteiger partial charge in [-0.3, -0.25) is 9.59 Å². The fourth-order valence-corrected chi connectivity index (χ4v) is 4.76. The first-order chi connectivity index (χ1) is 13.6. The summed E-state index contributed by atoms with van der Waals surface area (Å²) < 4.78 is 11.8. The minimum atomic E-state index is -0.667. The summed E-state index contributed by atoms with van der Waals surface area (Å²) in [5.74, 6) is 0.703. The van der Waals surface area contributed by atoms with Crippen molar-refractivity contribution in [3.63, 3.8) is 0 Å². The molecule has 0 spiro atoms. The molecule has 160 valence electrons. The Morgan fingerprint density at radius 3 is 2.64 bits per heavy atom. The molecule has 1 saturated carbocycles. The van der Waals surface area contributed by atoms with Crippen molar-refractivity contribution in [1.29, 1.82) is 0 Å². The lowest BCUT2D eigenvalue weighted by Crippen LogP contribution is -2.57. The average Bonchev–Trinajstić information content (AvgIpc) is 2.70. The van der Waals surface area contributed by atoms with Crippen molar-refractivity contribution >= 4 is 11.8 Å². The van der Waals surface area contributed by atoms with Gasteiger partial charge in [-0.25, -0.2) is 0 Å². The number of fused-ring (bicyclic) bond motifs is 1. The highest BCUT2D eigenvalue weighted by molar-refractivity contribution is 5.77. The fourth-order valence-electron chi connectivity index (χ4n) is 4.76. The molecular weight excluding hydrogens is 360 g/mol. The van der Waals surface area contributed by atoms with Crippen molar-refractivity contribution < 1.29 is 24.2 Å². The van der Waals surface area contributed by atoms with Gasteiger partial charge in [-0.05, 0) is 31.6 Å². The van der Waals surface area contributed by atoms with E-state index in [2.05, 4.69) is 5.32 Å². The maximum atomic E-state index is 12.4. The van der Waals surface area contributed by atoms with Gasteiger partial charge < -0.3 is 24.8 Å². The quantitative estimate of drug-likeness (QED) is 0.737. The second-order valence-electron chi connectivity index (χ2n) is 8.54. The third-order valence-electron chi connectivity index (χ3n) is 6.33. The second-order valence-corrected chi connectivity index (χ2v) is 8.54. The summed E-state index contributed by atoms with van der Waals surface area (Å²) in [5, 5.41) is 13.1.